The van der Waals surface area contributed by atoms with Crippen molar-refractivity contribution >= 4 is 23.0 Å². The van der Waals surface area contributed by atoms with Crippen LogP contribution in [0.15, 0.2) is 24.5 Å². The number of carbonyl (C=O) groups excluding carboxylic acids is 1. The lowest BCUT2D eigenvalue weighted by atomic mass is 10.2. The monoisotopic (exact) mass is 216 g/mol. The molecule has 0 radical (unpaired) electrons. The van der Waals surface area contributed by atoms with E-state index in [0.717, 1.165) is 16.6 Å². The summed E-state index contributed by atoms with van der Waals surface area (Å²) in [5.74, 6) is -0.0342. The highest BCUT2D eigenvalue weighted by atomic mass is 16.1. The lowest BCUT2D eigenvalue weighted by Gasteiger charge is -1.95. The molecular formula is C11H12N4O. The Balaban J connectivity index is 2.06. The van der Waals surface area contributed by atoms with Gasteiger partial charge in [0, 0.05) is 25.1 Å². The van der Waals surface area contributed by atoms with Gasteiger partial charge in [0.25, 0.3) is 0 Å². The van der Waals surface area contributed by atoms with Crippen molar-refractivity contribution in [2.24, 2.45) is 0 Å². The van der Waals surface area contributed by atoms with Crippen LogP contribution in [0.5, 0.6) is 0 Å². The minimum absolute atomic E-state index is 0.0342. The maximum atomic E-state index is 10.6. The third-order valence-corrected chi connectivity index (χ3v) is 2.09. The van der Waals surface area contributed by atoms with Crippen LogP contribution in [0.4, 0.5) is 0 Å². The molecule has 2 aromatic heterocycles. The van der Waals surface area contributed by atoms with Crippen molar-refractivity contribution in [3.63, 3.8) is 0 Å². The molecule has 5 nitrogen and oxygen atoms in total. The van der Waals surface area contributed by atoms with E-state index in [1.165, 1.54) is 6.92 Å². The Hall–Kier alpha value is -2.17. The van der Waals surface area contributed by atoms with Gasteiger partial charge in [-0.1, -0.05) is 12.2 Å². The molecule has 1 amide bonds. The number of amides is 1. The zero-order valence-electron chi connectivity index (χ0n) is 8.90. The first kappa shape index (κ1) is 10.4. The molecule has 0 atom stereocenters. The average molecular weight is 216 g/mol. The van der Waals surface area contributed by atoms with Crippen LogP contribution in [0.2, 0.25) is 0 Å². The van der Waals surface area contributed by atoms with Crippen LogP contribution in [-0.2, 0) is 4.79 Å². The average Bonchev–Trinajstić information content (AvgIpc) is 2.71. The highest BCUT2D eigenvalue weighted by molar-refractivity contribution is 5.76. The van der Waals surface area contributed by atoms with Gasteiger partial charge in [-0.05, 0) is 11.6 Å². The van der Waals surface area contributed by atoms with Gasteiger partial charge in [0.2, 0.25) is 5.91 Å². The van der Waals surface area contributed by atoms with E-state index in [-0.39, 0.29) is 5.91 Å². The minimum atomic E-state index is -0.0342. The summed E-state index contributed by atoms with van der Waals surface area (Å²) in [5.41, 5.74) is 1.76. The summed E-state index contributed by atoms with van der Waals surface area (Å²) in [6.07, 6.45) is 7.28. The van der Waals surface area contributed by atoms with E-state index in [1.807, 2.05) is 18.2 Å². The van der Waals surface area contributed by atoms with Gasteiger partial charge in [0.05, 0.1) is 6.20 Å². The SMILES string of the molecule is CC(=O)NCC=Cc1cnc2[nH]ncc2c1. The van der Waals surface area contributed by atoms with E-state index < -0.39 is 0 Å². The third-order valence-electron chi connectivity index (χ3n) is 2.09. The van der Waals surface area contributed by atoms with Gasteiger partial charge in [-0.15, -0.1) is 0 Å². The number of aromatic amines is 1. The van der Waals surface area contributed by atoms with E-state index in [4.69, 9.17) is 0 Å². The molecule has 0 aromatic carbocycles. The van der Waals surface area contributed by atoms with Crippen molar-refractivity contribution in [1.29, 1.82) is 0 Å². The number of fused-ring (bicyclic) bond motifs is 1. The predicted octanol–water partition coefficient (Wildman–Crippen LogP) is 1.11. The predicted molar refractivity (Wildman–Crippen MR) is 61.6 cm³/mol. The Morgan fingerprint density at radius 3 is 3.25 bits per heavy atom. The summed E-state index contributed by atoms with van der Waals surface area (Å²) in [4.78, 5) is 14.8. The molecule has 16 heavy (non-hydrogen) atoms. The Labute approximate surface area is 92.6 Å². The van der Waals surface area contributed by atoms with Crippen molar-refractivity contribution in [1.82, 2.24) is 20.5 Å². The Bertz CT molecular complexity index is 530. The summed E-state index contributed by atoms with van der Waals surface area (Å²) in [6, 6.07) is 1.98. The topological polar surface area (TPSA) is 70.7 Å². The number of nitrogens with one attached hydrogen (secondary N) is 2. The number of hydrogen-bond acceptors (Lipinski definition) is 3. The number of pyridine rings is 1. The number of carbonyl (C=O) groups is 1. The van der Waals surface area contributed by atoms with Crippen molar-refractivity contribution in [2.75, 3.05) is 6.54 Å². The number of rotatable bonds is 3. The molecule has 2 rings (SSSR count). The van der Waals surface area contributed by atoms with Gasteiger partial charge in [0.15, 0.2) is 5.65 Å². The Morgan fingerprint density at radius 2 is 2.44 bits per heavy atom. The van der Waals surface area contributed by atoms with E-state index in [1.54, 1.807) is 12.4 Å². The molecule has 0 aliphatic heterocycles. The smallest absolute Gasteiger partial charge is 0.217 e. The van der Waals surface area contributed by atoms with Gasteiger partial charge in [-0.3, -0.25) is 9.89 Å². The highest BCUT2D eigenvalue weighted by Gasteiger charge is 1.96. The highest BCUT2D eigenvalue weighted by Crippen LogP contribution is 2.10. The third kappa shape index (κ3) is 2.44. The largest absolute Gasteiger partial charge is 0.353 e. The summed E-state index contributed by atoms with van der Waals surface area (Å²) in [6.45, 7) is 2.02. The van der Waals surface area contributed by atoms with Crippen molar-refractivity contribution < 1.29 is 4.79 Å². The number of aromatic nitrogens is 3. The Morgan fingerprint density at radius 1 is 1.56 bits per heavy atom. The molecule has 0 saturated heterocycles. The standard InChI is InChI=1S/C11H12N4O/c1-8(16)12-4-2-3-9-5-10-7-14-15-11(10)13-6-9/h2-3,5-7H,4H2,1H3,(H,12,16)(H,13,14,15). The molecule has 0 spiro atoms. The molecule has 0 fully saturated rings. The van der Waals surface area contributed by atoms with Crippen LogP contribution in [-0.4, -0.2) is 27.6 Å². The second-order valence-corrected chi connectivity index (χ2v) is 3.42. The lowest BCUT2D eigenvalue weighted by molar-refractivity contribution is -0.118. The van der Waals surface area contributed by atoms with E-state index in [9.17, 15) is 4.79 Å². The molecule has 0 saturated carbocycles. The van der Waals surface area contributed by atoms with Crippen LogP contribution in [0.3, 0.4) is 0 Å². The zero-order chi connectivity index (χ0) is 11.4. The second-order valence-electron chi connectivity index (χ2n) is 3.42. The maximum absolute atomic E-state index is 10.6. The van der Waals surface area contributed by atoms with Gasteiger partial charge >= 0.3 is 0 Å². The number of hydrogen-bond donors (Lipinski definition) is 2. The van der Waals surface area contributed by atoms with Crippen molar-refractivity contribution in [3.05, 3.63) is 30.1 Å². The fourth-order valence-corrected chi connectivity index (χ4v) is 1.34. The first-order valence-electron chi connectivity index (χ1n) is 4.96. The van der Waals surface area contributed by atoms with E-state index in [2.05, 4.69) is 20.5 Å². The van der Waals surface area contributed by atoms with Crippen LogP contribution in [0.1, 0.15) is 12.5 Å². The summed E-state index contributed by atoms with van der Waals surface area (Å²) in [5, 5.41) is 10.3. The molecule has 0 aliphatic carbocycles. The first-order valence-corrected chi connectivity index (χ1v) is 4.96. The molecule has 82 valence electrons. The van der Waals surface area contributed by atoms with Gasteiger partial charge in [-0.25, -0.2) is 4.98 Å². The Kier molecular flexibility index (Phi) is 2.95. The normalized spacial score (nSPS) is 11.1. The lowest BCUT2D eigenvalue weighted by Crippen LogP contribution is -2.19. The fraction of sp³-hybridized carbons (Fsp3) is 0.182. The molecule has 2 aromatic rings. The molecular weight excluding hydrogens is 204 g/mol. The van der Waals surface area contributed by atoms with Crippen molar-refractivity contribution in [3.8, 4) is 0 Å². The van der Waals surface area contributed by atoms with Gasteiger partial charge in [-0.2, -0.15) is 5.10 Å². The van der Waals surface area contributed by atoms with Crippen LogP contribution < -0.4 is 5.32 Å². The first-order chi connectivity index (χ1) is 7.75. The maximum Gasteiger partial charge on any atom is 0.217 e. The molecule has 0 unspecified atom stereocenters. The van der Waals surface area contributed by atoms with E-state index >= 15 is 0 Å². The van der Waals surface area contributed by atoms with Crippen LogP contribution >= 0.6 is 0 Å². The summed E-state index contributed by atoms with van der Waals surface area (Å²) in [7, 11) is 0. The van der Waals surface area contributed by atoms with Crippen LogP contribution in [0, 0.1) is 0 Å². The quantitative estimate of drug-likeness (QED) is 0.807. The number of nitrogens with zero attached hydrogens (tertiary/aromatic N) is 2. The summed E-state index contributed by atoms with van der Waals surface area (Å²) < 4.78 is 0. The van der Waals surface area contributed by atoms with E-state index in [0.29, 0.717) is 6.54 Å². The van der Waals surface area contributed by atoms with Gasteiger partial charge in [0.1, 0.15) is 0 Å². The fourth-order valence-electron chi connectivity index (χ4n) is 1.34. The molecule has 0 bridgehead atoms. The van der Waals surface area contributed by atoms with Gasteiger partial charge < -0.3 is 5.32 Å². The van der Waals surface area contributed by atoms with Crippen LogP contribution in [0.25, 0.3) is 17.1 Å². The van der Waals surface area contributed by atoms with Crippen molar-refractivity contribution in [2.45, 2.75) is 6.92 Å². The molecule has 2 N–H and O–H groups in total. The number of H-pyrrole nitrogens is 1. The molecule has 0 aliphatic rings. The second kappa shape index (κ2) is 4.57. The summed E-state index contributed by atoms with van der Waals surface area (Å²) >= 11 is 0. The zero-order valence-corrected chi connectivity index (χ0v) is 8.90. The molecule has 5 heteroatoms. The minimum Gasteiger partial charge on any atom is -0.353 e. The molecule has 2 heterocycles.